The maximum Gasteiger partial charge on any atom is 0.193 e. The molecule has 1 aliphatic rings. The number of nitrogens with zero attached hydrogens (tertiary/aromatic N) is 3. The Hall–Kier alpha value is -1.59. The Morgan fingerprint density at radius 2 is 2.11 bits per heavy atom. The summed E-state index contributed by atoms with van der Waals surface area (Å²) in [5.41, 5.74) is 1.24. The number of guanidine groups is 1. The summed E-state index contributed by atoms with van der Waals surface area (Å²) in [6.45, 7) is 13.0. The van der Waals surface area contributed by atoms with Crippen molar-refractivity contribution >= 4 is 5.96 Å². The van der Waals surface area contributed by atoms with Crippen LogP contribution in [0.3, 0.4) is 0 Å². The number of hydrogen-bond donors (Lipinski definition) is 1. The molecule has 1 aromatic carbocycles. The molecule has 1 N–H and O–H groups in total. The number of ether oxygens (including phenoxy) is 1. The monoisotopic (exact) mass is 374 g/mol. The lowest BCUT2D eigenvalue weighted by molar-refractivity contribution is 0.0906. The lowest BCUT2D eigenvalue weighted by atomic mass is 10.1. The highest BCUT2D eigenvalue weighted by molar-refractivity contribution is 5.80. The maximum absolute atomic E-state index is 5.95. The van der Waals surface area contributed by atoms with Gasteiger partial charge in [0.25, 0.3) is 0 Å². The quantitative estimate of drug-likeness (QED) is 0.504. The fourth-order valence-corrected chi connectivity index (χ4v) is 3.35. The van der Waals surface area contributed by atoms with E-state index in [2.05, 4.69) is 67.2 Å². The van der Waals surface area contributed by atoms with Gasteiger partial charge in [-0.1, -0.05) is 37.3 Å². The van der Waals surface area contributed by atoms with Gasteiger partial charge in [-0.25, -0.2) is 0 Å². The standard InChI is InChI=1S/C22H38N4O/c1-5-19(3)25(4)15-13-24-22(23-6-2)26-14-12-21(16-26)18-27-17-20-10-8-7-9-11-20/h7-11,19,21H,5-6,12-18H2,1-4H3,(H,23,24). The molecule has 1 fully saturated rings. The molecule has 5 heteroatoms. The zero-order valence-electron chi connectivity index (χ0n) is 17.7. The predicted octanol–water partition coefficient (Wildman–Crippen LogP) is 3.22. The molecule has 0 aromatic heterocycles. The van der Waals surface area contributed by atoms with Gasteiger partial charge in [0, 0.05) is 38.1 Å². The van der Waals surface area contributed by atoms with E-state index >= 15 is 0 Å². The largest absolute Gasteiger partial charge is 0.376 e. The minimum absolute atomic E-state index is 0.584. The number of nitrogens with one attached hydrogen (secondary N) is 1. The zero-order chi connectivity index (χ0) is 19.5. The maximum atomic E-state index is 5.95. The van der Waals surface area contributed by atoms with Crippen LogP contribution < -0.4 is 5.32 Å². The molecule has 1 heterocycles. The molecule has 0 spiro atoms. The Morgan fingerprint density at radius 3 is 2.81 bits per heavy atom. The van der Waals surface area contributed by atoms with E-state index in [1.807, 2.05) is 6.07 Å². The second-order valence-corrected chi connectivity index (χ2v) is 7.57. The Labute approximate surface area is 165 Å². The fraction of sp³-hybridized carbons (Fsp3) is 0.682. The first-order chi connectivity index (χ1) is 13.1. The third-order valence-electron chi connectivity index (χ3n) is 5.44. The van der Waals surface area contributed by atoms with Crippen molar-refractivity contribution in [2.24, 2.45) is 10.9 Å². The molecule has 1 aliphatic heterocycles. The van der Waals surface area contributed by atoms with Crippen LogP contribution in [0.1, 0.15) is 39.2 Å². The van der Waals surface area contributed by atoms with Crippen LogP contribution in [0.4, 0.5) is 0 Å². The molecule has 152 valence electrons. The van der Waals surface area contributed by atoms with Crippen LogP contribution >= 0.6 is 0 Å². The summed E-state index contributed by atoms with van der Waals surface area (Å²) >= 11 is 0. The third-order valence-corrected chi connectivity index (χ3v) is 5.44. The first-order valence-corrected chi connectivity index (χ1v) is 10.5. The third kappa shape index (κ3) is 7.51. The first kappa shape index (κ1) is 21.7. The number of aliphatic imine (C=N–C) groups is 1. The molecule has 2 rings (SSSR count). The zero-order valence-corrected chi connectivity index (χ0v) is 17.7. The Morgan fingerprint density at radius 1 is 1.33 bits per heavy atom. The van der Waals surface area contributed by atoms with Crippen molar-refractivity contribution in [3.63, 3.8) is 0 Å². The van der Waals surface area contributed by atoms with E-state index in [-0.39, 0.29) is 0 Å². The Balaban J connectivity index is 1.76. The summed E-state index contributed by atoms with van der Waals surface area (Å²) in [4.78, 5) is 9.64. The van der Waals surface area contributed by atoms with Gasteiger partial charge >= 0.3 is 0 Å². The summed E-state index contributed by atoms with van der Waals surface area (Å²) in [7, 11) is 2.19. The van der Waals surface area contributed by atoms with Crippen LogP contribution in [0.2, 0.25) is 0 Å². The molecule has 5 nitrogen and oxygen atoms in total. The van der Waals surface area contributed by atoms with E-state index in [1.54, 1.807) is 0 Å². The molecule has 0 aliphatic carbocycles. The van der Waals surface area contributed by atoms with Crippen LogP contribution in [0, 0.1) is 5.92 Å². The molecule has 1 saturated heterocycles. The van der Waals surface area contributed by atoms with Gasteiger partial charge < -0.3 is 19.9 Å². The molecular formula is C22H38N4O. The van der Waals surface area contributed by atoms with Gasteiger partial charge in [0.05, 0.1) is 19.8 Å². The van der Waals surface area contributed by atoms with Gasteiger partial charge in [0.1, 0.15) is 0 Å². The molecule has 0 radical (unpaired) electrons. The van der Waals surface area contributed by atoms with Crippen molar-refractivity contribution < 1.29 is 4.74 Å². The summed E-state index contributed by atoms with van der Waals surface area (Å²) < 4.78 is 5.95. The SMILES string of the molecule is CCNC(=NCCN(C)C(C)CC)N1CCC(COCc2ccccc2)C1. The van der Waals surface area contributed by atoms with Crippen molar-refractivity contribution in [2.75, 3.05) is 46.4 Å². The van der Waals surface area contributed by atoms with Gasteiger partial charge in [-0.3, -0.25) is 4.99 Å². The molecular weight excluding hydrogens is 336 g/mol. The van der Waals surface area contributed by atoms with Crippen molar-refractivity contribution in [2.45, 2.75) is 46.3 Å². The van der Waals surface area contributed by atoms with Gasteiger partial charge in [0.15, 0.2) is 5.96 Å². The van der Waals surface area contributed by atoms with Crippen molar-refractivity contribution in [1.29, 1.82) is 0 Å². The fourth-order valence-electron chi connectivity index (χ4n) is 3.35. The molecule has 0 amide bonds. The Bertz CT molecular complexity index is 549. The minimum Gasteiger partial charge on any atom is -0.376 e. The summed E-state index contributed by atoms with van der Waals surface area (Å²) in [5, 5.41) is 3.46. The first-order valence-electron chi connectivity index (χ1n) is 10.5. The molecule has 2 atom stereocenters. The van der Waals surface area contributed by atoms with E-state index in [1.165, 1.54) is 18.4 Å². The molecule has 2 unspecified atom stereocenters. The number of hydrogen-bond acceptors (Lipinski definition) is 3. The minimum atomic E-state index is 0.584. The van der Waals surface area contributed by atoms with E-state index in [0.29, 0.717) is 18.6 Å². The number of benzene rings is 1. The molecule has 0 saturated carbocycles. The normalized spacial score (nSPS) is 18.9. The Kier molecular flexibility index (Phi) is 9.64. The summed E-state index contributed by atoms with van der Waals surface area (Å²) in [5.74, 6) is 1.64. The molecule has 1 aromatic rings. The summed E-state index contributed by atoms with van der Waals surface area (Å²) in [6.07, 6.45) is 2.35. The van der Waals surface area contributed by atoms with E-state index in [0.717, 1.165) is 45.3 Å². The smallest absolute Gasteiger partial charge is 0.193 e. The van der Waals surface area contributed by atoms with Crippen LogP contribution in [0.5, 0.6) is 0 Å². The average Bonchev–Trinajstić information content (AvgIpc) is 3.16. The van der Waals surface area contributed by atoms with Gasteiger partial charge in [-0.2, -0.15) is 0 Å². The van der Waals surface area contributed by atoms with E-state index in [4.69, 9.17) is 9.73 Å². The van der Waals surface area contributed by atoms with E-state index < -0.39 is 0 Å². The number of likely N-dealkylation sites (N-methyl/N-ethyl adjacent to an activating group) is 1. The van der Waals surface area contributed by atoms with Crippen molar-refractivity contribution in [3.05, 3.63) is 35.9 Å². The van der Waals surface area contributed by atoms with Crippen LogP contribution in [0.25, 0.3) is 0 Å². The second kappa shape index (κ2) is 12.0. The highest BCUT2D eigenvalue weighted by Gasteiger charge is 2.25. The van der Waals surface area contributed by atoms with Crippen LogP contribution in [0.15, 0.2) is 35.3 Å². The molecule has 0 bridgehead atoms. The van der Waals surface area contributed by atoms with Gasteiger partial charge in [-0.15, -0.1) is 0 Å². The average molecular weight is 375 g/mol. The van der Waals surface area contributed by atoms with Gasteiger partial charge in [0.2, 0.25) is 0 Å². The predicted molar refractivity (Wildman–Crippen MR) is 114 cm³/mol. The highest BCUT2D eigenvalue weighted by atomic mass is 16.5. The van der Waals surface area contributed by atoms with E-state index in [9.17, 15) is 0 Å². The van der Waals surface area contributed by atoms with Crippen molar-refractivity contribution in [1.82, 2.24) is 15.1 Å². The second-order valence-electron chi connectivity index (χ2n) is 7.57. The van der Waals surface area contributed by atoms with Crippen LogP contribution in [-0.4, -0.2) is 68.2 Å². The lowest BCUT2D eigenvalue weighted by Crippen LogP contribution is -2.41. The number of likely N-dealkylation sites (tertiary alicyclic amines) is 1. The summed E-state index contributed by atoms with van der Waals surface area (Å²) in [6, 6.07) is 11.0. The van der Waals surface area contributed by atoms with Crippen molar-refractivity contribution in [3.8, 4) is 0 Å². The van der Waals surface area contributed by atoms with Crippen LogP contribution in [-0.2, 0) is 11.3 Å². The molecule has 27 heavy (non-hydrogen) atoms. The number of rotatable bonds is 10. The highest BCUT2D eigenvalue weighted by Crippen LogP contribution is 2.17. The van der Waals surface area contributed by atoms with Gasteiger partial charge in [-0.05, 0) is 39.3 Å². The topological polar surface area (TPSA) is 40.1 Å². The lowest BCUT2D eigenvalue weighted by Gasteiger charge is -2.24.